The molecule has 2 heterocycles. The third-order valence-corrected chi connectivity index (χ3v) is 2.20. The molecule has 3 heteroatoms. The van der Waals surface area contributed by atoms with E-state index in [1.807, 2.05) is 24.4 Å². The average Bonchev–Trinajstić information content (AvgIpc) is 2.65. The highest BCUT2D eigenvalue weighted by molar-refractivity contribution is 6.02. The molecule has 0 spiro atoms. The summed E-state index contributed by atoms with van der Waals surface area (Å²) in [4.78, 5) is 3.07. The summed E-state index contributed by atoms with van der Waals surface area (Å²) in [6.07, 6.45) is 1.85. The first-order valence-corrected chi connectivity index (χ1v) is 4.03. The summed E-state index contributed by atoms with van der Waals surface area (Å²) >= 11 is 0. The fourth-order valence-electron chi connectivity index (χ4n) is 1.61. The van der Waals surface area contributed by atoms with Crippen molar-refractivity contribution in [3.05, 3.63) is 30.5 Å². The number of benzene rings is 1. The standard InChI is InChI=1S/C10H7NO2/c12-8-5-7-2-1-6-3-4-11-9(6)10(7)13-8/h1-5,11-12H. The van der Waals surface area contributed by atoms with Gasteiger partial charge in [0.15, 0.2) is 5.58 Å². The van der Waals surface area contributed by atoms with Crippen LogP contribution >= 0.6 is 0 Å². The predicted molar refractivity (Wildman–Crippen MR) is 49.7 cm³/mol. The summed E-state index contributed by atoms with van der Waals surface area (Å²) in [7, 11) is 0. The van der Waals surface area contributed by atoms with Crippen LogP contribution in [-0.2, 0) is 0 Å². The molecule has 2 aromatic heterocycles. The summed E-state index contributed by atoms with van der Waals surface area (Å²) in [6, 6.07) is 7.49. The van der Waals surface area contributed by atoms with Gasteiger partial charge in [-0.2, -0.15) is 0 Å². The molecule has 0 aliphatic carbocycles. The summed E-state index contributed by atoms with van der Waals surface area (Å²) in [5.41, 5.74) is 1.64. The smallest absolute Gasteiger partial charge is 0.282 e. The van der Waals surface area contributed by atoms with Gasteiger partial charge in [0.1, 0.15) is 0 Å². The lowest BCUT2D eigenvalue weighted by atomic mass is 10.2. The van der Waals surface area contributed by atoms with Crippen LogP contribution in [0.3, 0.4) is 0 Å². The highest BCUT2D eigenvalue weighted by Gasteiger charge is 2.06. The number of hydrogen-bond donors (Lipinski definition) is 2. The number of rotatable bonds is 0. The molecule has 0 saturated heterocycles. The molecule has 3 rings (SSSR count). The van der Waals surface area contributed by atoms with Crippen LogP contribution in [0.2, 0.25) is 0 Å². The van der Waals surface area contributed by atoms with Crippen molar-refractivity contribution in [3.63, 3.8) is 0 Å². The number of aromatic amines is 1. The van der Waals surface area contributed by atoms with Crippen LogP contribution in [0.4, 0.5) is 0 Å². The fraction of sp³-hybridized carbons (Fsp3) is 0. The Morgan fingerprint density at radius 2 is 2.00 bits per heavy atom. The van der Waals surface area contributed by atoms with Gasteiger partial charge in [0.25, 0.3) is 5.95 Å². The monoisotopic (exact) mass is 173 g/mol. The largest absolute Gasteiger partial charge is 0.481 e. The van der Waals surface area contributed by atoms with Crippen LogP contribution in [0.1, 0.15) is 0 Å². The number of H-pyrrole nitrogens is 1. The van der Waals surface area contributed by atoms with Crippen LogP contribution in [0.25, 0.3) is 21.9 Å². The number of furan rings is 1. The molecule has 0 saturated carbocycles. The first kappa shape index (κ1) is 6.60. The van der Waals surface area contributed by atoms with E-state index in [-0.39, 0.29) is 5.95 Å². The molecule has 1 aromatic carbocycles. The van der Waals surface area contributed by atoms with Crippen LogP contribution in [-0.4, -0.2) is 10.1 Å². The number of nitrogens with one attached hydrogen (secondary N) is 1. The Balaban J connectivity index is 2.64. The maximum Gasteiger partial charge on any atom is 0.282 e. The Morgan fingerprint density at radius 1 is 1.15 bits per heavy atom. The van der Waals surface area contributed by atoms with Crippen molar-refractivity contribution in [2.24, 2.45) is 0 Å². The van der Waals surface area contributed by atoms with Gasteiger partial charge in [0.2, 0.25) is 0 Å². The van der Waals surface area contributed by atoms with Gasteiger partial charge >= 0.3 is 0 Å². The topological polar surface area (TPSA) is 49.2 Å². The molecule has 0 amide bonds. The molecule has 13 heavy (non-hydrogen) atoms. The van der Waals surface area contributed by atoms with E-state index in [4.69, 9.17) is 4.42 Å². The van der Waals surface area contributed by atoms with E-state index in [0.717, 1.165) is 16.3 Å². The van der Waals surface area contributed by atoms with E-state index in [2.05, 4.69) is 4.98 Å². The molecular weight excluding hydrogens is 166 g/mol. The summed E-state index contributed by atoms with van der Waals surface area (Å²) in [5, 5.41) is 11.2. The van der Waals surface area contributed by atoms with Gasteiger partial charge in [-0.25, -0.2) is 0 Å². The van der Waals surface area contributed by atoms with Gasteiger partial charge in [0, 0.05) is 23.0 Å². The average molecular weight is 173 g/mol. The van der Waals surface area contributed by atoms with E-state index < -0.39 is 0 Å². The molecule has 0 aliphatic rings. The molecule has 3 nitrogen and oxygen atoms in total. The number of fused-ring (bicyclic) bond motifs is 3. The minimum Gasteiger partial charge on any atom is -0.481 e. The quantitative estimate of drug-likeness (QED) is 0.549. The molecule has 2 N–H and O–H groups in total. The third kappa shape index (κ3) is 0.783. The lowest BCUT2D eigenvalue weighted by molar-refractivity contribution is 0.347. The number of aromatic hydroxyl groups is 1. The maximum atomic E-state index is 9.17. The van der Waals surface area contributed by atoms with Gasteiger partial charge in [0.05, 0.1) is 5.52 Å². The minimum absolute atomic E-state index is 0.0444. The fourth-order valence-corrected chi connectivity index (χ4v) is 1.61. The highest BCUT2D eigenvalue weighted by Crippen LogP contribution is 2.29. The first-order chi connectivity index (χ1) is 6.34. The van der Waals surface area contributed by atoms with Crippen molar-refractivity contribution in [3.8, 4) is 5.95 Å². The van der Waals surface area contributed by atoms with E-state index in [9.17, 15) is 5.11 Å². The zero-order chi connectivity index (χ0) is 8.84. The number of hydrogen-bond acceptors (Lipinski definition) is 2. The summed E-state index contributed by atoms with van der Waals surface area (Å²) in [5.74, 6) is -0.0444. The molecule has 0 atom stereocenters. The molecule has 0 unspecified atom stereocenters. The zero-order valence-corrected chi connectivity index (χ0v) is 6.74. The molecule has 0 bridgehead atoms. The lowest BCUT2D eigenvalue weighted by Crippen LogP contribution is -1.67. The van der Waals surface area contributed by atoms with E-state index >= 15 is 0 Å². The summed E-state index contributed by atoms with van der Waals surface area (Å²) in [6.45, 7) is 0. The van der Waals surface area contributed by atoms with Gasteiger partial charge in [-0.15, -0.1) is 0 Å². The first-order valence-electron chi connectivity index (χ1n) is 4.03. The Kier molecular flexibility index (Phi) is 1.05. The molecule has 0 fully saturated rings. The Morgan fingerprint density at radius 3 is 2.92 bits per heavy atom. The van der Waals surface area contributed by atoms with E-state index in [0.29, 0.717) is 5.58 Å². The third-order valence-electron chi connectivity index (χ3n) is 2.20. The SMILES string of the molecule is Oc1cc2ccc3cc[nH]c3c2o1. The minimum atomic E-state index is -0.0444. The maximum absolute atomic E-state index is 9.17. The van der Waals surface area contributed by atoms with Gasteiger partial charge in [-0.3, -0.25) is 0 Å². The second-order valence-corrected chi connectivity index (χ2v) is 3.01. The Hall–Kier alpha value is -1.90. The number of aromatic nitrogens is 1. The Labute approximate surface area is 73.6 Å². The van der Waals surface area contributed by atoms with Crippen molar-refractivity contribution in [1.29, 1.82) is 0 Å². The van der Waals surface area contributed by atoms with E-state index in [1.165, 1.54) is 0 Å². The molecule has 3 aromatic rings. The Bertz CT molecular complexity index is 577. The van der Waals surface area contributed by atoms with Crippen LogP contribution < -0.4 is 0 Å². The zero-order valence-electron chi connectivity index (χ0n) is 6.74. The van der Waals surface area contributed by atoms with Crippen molar-refractivity contribution in [2.75, 3.05) is 0 Å². The molecular formula is C10H7NO2. The second kappa shape index (κ2) is 2.07. The van der Waals surface area contributed by atoms with Gasteiger partial charge in [-0.05, 0) is 6.07 Å². The van der Waals surface area contributed by atoms with Crippen LogP contribution in [0.15, 0.2) is 34.9 Å². The molecule has 64 valence electrons. The van der Waals surface area contributed by atoms with Crippen LogP contribution in [0, 0.1) is 0 Å². The molecule has 0 radical (unpaired) electrons. The van der Waals surface area contributed by atoms with Crippen LogP contribution in [0.5, 0.6) is 5.95 Å². The van der Waals surface area contributed by atoms with Gasteiger partial charge < -0.3 is 14.5 Å². The molecule has 0 aliphatic heterocycles. The predicted octanol–water partition coefficient (Wildman–Crippen LogP) is 2.62. The van der Waals surface area contributed by atoms with Crippen molar-refractivity contribution >= 4 is 21.9 Å². The second-order valence-electron chi connectivity index (χ2n) is 3.01. The summed E-state index contributed by atoms with van der Waals surface area (Å²) < 4.78 is 5.16. The van der Waals surface area contributed by atoms with Crippen molar-refractivity contribution in [2.45, 2.75) is 0 Å². The van der Waals surface area contributed by atoms with Gasteiger partial charge in [-0.1, -0.05) is 12.1 Å². The van der Waals surface area contributed by atoms with Crippen molar-refractivity contribution < 1.29 is 9.52 Å². The van der Waals surface area contributed by atoms with Crippen molar-refractivity contribution in [1.82, 2.24) is 4.98 Å². The van der Waals surface area contributed by atoms with E-state index in [1.54, 1.807) is 6.07 Å². The lowest BCUT2D eigenvalue weighted by Gasteiger charge is -1.89. The highest BCUT2D eigenvalue weighted by atomic mass is 16.5. The normalized spacial score (nSPS) is 11.4.